The molecule has 1 saturated heterocycles. The third-order valence-electron chi connectivity index (χ3n) is 3.27. The van der Waals surface area contributed by atoms with Crippen molar-refractivity contribution in [3.63, 3.8) is 0 Å². The molecule has 19 heavy (non-hydrogen) atoms. The summed E-state index contributed by atoms with van der Waals surface area (Å²) in [6, 6.07) is 2.01. The third kappa shape index (κ3) is 4.48. The van der Waals surface area contributed by atoms with Gasteiger partial charge < -0.3 is 14.8 Å². The van der Waals surface area contributed by atoms with Gasteiger partial charge in [0, 0.05) is 36.7 Å². The van der Waals surface area contributed by atoms with Crippen LogP contribution < -0.4 is 10.1 Å². The Morgan fingerprint density at radius 3 is 3.16 bits per heavy atom. The van der Waals surface area contributed by atoms with Gasteiger partial charge in [-0.3, -0.25) is 4.98 Å². The van der Waals surface area contributed by atoms with E-state index in [-0.39, 0.29) is 6.10 Å². The van der Waals surface area contributed by atoms with Crippen molar-refractivity contribution in [2.24, 2.45) is 0 Å². The zero-order valence-electron chi connectivity index (χ0n) is 11.9. The molecule has 106 valence electrons. The van der Waals surface area contributed by atoms with E-state index in [4.69, 9.17) is 9.47 Å². The Balaban J connectivity index is 1.93. The Morgan fingerprint density at radius 1 is 1.53 bits per heavy atom. The van der Waals surface area contributed by atoms with E-state index >= 15 is 0 Å². The van der Waals surface area contributed by atoms with Crippen molar-refractivity contribution in [3.05, 3.63) is 23.5 Å². The quantitative estimate of drug-likeness (QED) is 0.768. The molecule has 1 fully saturated rings. The summed E-state index contributed by atoms with van der Waals surface area (Å²) in [5.74, 6) is 0.937. The molecule has 1 N–H and O–H groups in total. The third-order valence-corrected chi connectivity index (χ3v) is 3.27. The zero-order chi connectivity index (χ0) is 13.5. The van der Waals surface area contributed by atoms with Crippen molar-refractivity contribution < 1.29 is 9.47 Å². The monoisotopic (exact) mass is 264 g/mol. The predicted molar refractivity (Wildman–Crippen MR) is 75.4 cm³/mol. The fourth-order valence-electron chi connectivity index (χ4n) is 2.19. The van der Waals surface area contributed by atoms with Crippen LogP contribution in [0.25, 0.3) is 0 Å². The van der Waals surface area contributed by atoms with Crippen molar-refractivity contribution in [1.29, 1.82) is 0 Å². The van der Waals surface area contributed by atoms with E-state index < -0.39 is 0 Å². The average molecular weight is 264 g/mol. The van der Waals surface area contributed by atoms with E-state index in [9.17, 15) is 0 Å². The first-order chi connectivity index (χ1) is 9.29. The maximum absolute atomic E-state index is 5.93. The Hall–Kier alpha value is -1.13. The zero-order valence-corrected chi connectivity index (χ0v) is 11.9. The van der Waals surface area contributed by atoms with E-state index in [1.165, 1.54) is 0 Å². The molecular formula is C15H24N2O2. The summed E-state index contributed by atoms with van der Waals surface area (Å²) in [6.45, 7) is 7.48. The first kappa shape index (κ1) is 14.3. The Labute approximate surface area is 115 Å². The van der Waals surface area contributed by atoms with Gasteiger partial charge in [0.05, 0.1) is 6.10 Å². The molecule has 4 heteroatoms. The molecule has 0 aromatic carbocycles. The van der Waals surface area contributed by atoms with Gasteiger partial charge in [0.2, 0.25) is 0 Å². The molecule has 1 atom stereocenters. The number of hydrogen-bond donors (Lipinski definition) is 1. The molecule has 0 radical (unpaired) electrons. The van der Waals surface area contributed by atoms with Crippen LogP contribution in [0, 0.1) is 6.92 Å². The highest BCUT2D eigenvalue weighted by atomic mass is 16.5. The van der Waals surface area contributed by atoms with Crippen LogP contribution >= 0.6 is 0 Å². The van der Waals surface area contributed by atoms with Crippen molar-refractivity contribution in [3.8, 4) is 5.75 Å². The first-order valence-corrected chi connectivity index (χ1v) is 7.20. The van der Waals surface area contributed by atoms with Crippen LogP contribution in [0.5, 0.6) is 5.75 Å². The lowest BCUT2D eigenvalue weighted by Gasteiger charge is -2.15. The minimum atomic E-state index is 0.255. The second kappa shape index (κ2) is 7.46. The summed E-state index contributed by atoms with van der Waals surface area (Å²) in [4.78, 5) is 4.35. The maximum Gasteiger partial charge on any atom is 0.127 e. The van der Waals surface area contributed by atoms with E-state index in [1.807, 2.05) is 19.2 Å². The van der Waals surface area contributed by atoms with Gasteiger partial charge in [-0.1, -0.05) is 6.92 Å². The number of rotatable bonds is 7. The Bertz CT molecular complexity index is 390. The molecule has 1 unspecified atom stereocenters. The van der Waals surface area contributed by atoms with Gasteiger partial charge in [0.15, 0.2) is 0 Å². The van der Waals surface area contributed by atoms with E-state index in [2.05, 4.69) is 17.2 Å². The van der Waals surface area contributed by atoms with Crippen LogP contribution in [-0.2, 0) is 11.3 Å². The Kier molecular flexibility index (Phi) is 5.61. The molecule has 0 spiro atoms. The minimum Gasteiger partial charge on any atom is -0.490 e. The highest BCUT2D eigenvalue weighted by Gasteiger charge is 2.16. The lowest BCUT2D eigenvalue weighted by Crippen LogP contribution is -2.19. The summed E-state index contributed by atoms with van der Waals surface area (Å²) >= 11 is 0. The van der Waals surface area contributed by atoms with Gasteiger partial charge in [0.1, 0.15) is 12.4 Å². The molecule has 1 aromatic heterocycles. The molecule has 1 aliphatic heterocycles. The fraction of sp³-hybridized carbons (Fsp3) is 0.667. The van der Waals surface area contributed by atoms with Crippen LogP contribution in [0.1, 0.15) is 37.4 Å². The van der Waals surface area contributed by atoms with Gasteiger partial charge in [-0.25, -0.2) is 0 Å². The molecule has 1 aromatic rings. The van der Waals surface area contributed by atoms with Crippen molar-refractivity contribution in [2.45, 2.75) is 45.8 Å². The lowest BCUT2D eigenvalue weighted by atomic mass is 10.2. The molecule has 4 nitrogen and oxygen atoms in total. The molecular weight excluding hydrogens is 240 g/mol. The molecule has 0 bridgehead atoms. The fourth-order valence-corrected chi connectivity index (χ4v) is 2.19. The first-order valence-electron chi connectivity index (χ1n) is 7.20. The standard InChI is InChI=1S/C15H24N2O2/c1-3-6-16-9-13-10-17-12(2)8-15(13)19-11-14-5-4-7-18-14/h8,10,14,16H,3-7,9,11H2,1-2H3. The van der Waals surface area contributed by atoms with Gasteiger partial charge in [0.25, 0.3) is 0 Å². The largest absolute Gasteiger partial charge is 0.490 e. The number of ether oxygens (including phenoxy) is 2. The highest BCUT2D eigenvalue weighted by Crippen LogP contribution is 2.20. The minimum absolute atomic E-state index is 0.255. The van der Waals surface area contributed by atoms with Gasteiger partial charge >= 0.3 is 0 Å². The summed E-state index contributed by atoms with van der Waals surface area (Å²) in [7, 11) is 0. The number of hydrogen-bond acceptors (Lipinski definition) is 4. The van der Waals surface area contributed by atoms with Crippen molar-refractivity contribution in [1.82, 2.24) is 10.3 Å². The van der Waals surface area contributed by atoms with Gasteiger partial charge in [-0.15, -0.1) is 0 Å². The number of aryl methyl sites for hydroxylation is 1. The average Bonchev–Trinajstić information content (AvgIpc) is 2.92. The summed E-state index contributed by atoms with van der Waals surface area (Å²) in [5.41, 5.74) is 2.11. The van der Waals surface area contributed by atoms with E-state index in [0.29, 0.717) is 6.61 Å². The molecule has 0 saturated carbocycles. The molecule has 1 aliphatic rings. The topological polar surface area (TPSA) is 43.4 Å². The van der Waals surface area contributed by atoms with Crippen LogP contribution in [0.4, 0.5) is 0 Å². The predicted octanol–water partition coefficient (Wildman–Crippen LogP) is 2.45. The van der Waals surface area contributed by atoms with Crippen LogP contribution in [-0.4, -0.2) is 30.8 Å². The van der Waals surface area contributed by atoms with Crippen LogP contribution in [0.3, 0.4) is 0 Å². The maximum atomic E-state index is 5.93. The second-order valence-electron chi connectivity index (χ2n) is 5.06. The molecule has 2 heterocycles. The lowest BCUT2D eigenvalue weighted by molar-refractivity contribution is 0.0675. The summed E-state index contributed by atoms with van der Waals surface area (Å²) in [6.07, 6.45) is 5.54. The van der Waals surface area contributed by atoms with Crippen LogP contribution in [0.2, 0.25) is 0 Å². The number of pyridine rings is 1. The second-order valence-corrected chi connectivity index (χ2v) is 5.06. The summed E-state index contributed by atoms with van der Waals surface area (Å²) in [5, 5.41) is 3.39. The van der Waals surface area contributed by atoms with Gasteiger partial charge in [-0.05, 0) is 32.7 Å². The van der Waals surface area contributed by atoms with E-state index in [0.717, 1.165) is 56.0 Å². The Morgan fingerprint density at radius 2 is 2.42 bits per heavy atom. The number of nitrogens with zero attached hydrogens (tertiary/aromatic N) is 1. The summed E-state index contributed by atoms with van der Waals surface area (Å²) < 4.78 is 11.5. The molecule has 2 rings (SSSR count). The van der Waals surface area contributed by atoms with Crippen molar-refractivity contribution in [2.75, 3.05) is 19.8 Å². The van der Waals surface area contributed by atoms with E-state index in [1.54, 1.807) is 0 Å². The van der Waals surface area contributed by atoms with Crippen LogP contribution in [0.15, 0.2) is 12.3 Å². The number of aromatic nitrogens is 1. The normalized spacial score (nSPS) is 18.7. The van der Waals surface area contributed by atoms with Gasteiger partial charge in [-0.2, -0.15) is 0 Å². The molecule has 0 amide bonds. The SMILES string of the molecule is CCCNCc1cnc(C)cc1OCC1CCCO1. The number of nitrogens with one attached hydrogen (secondary N) is 1. The highest BCUT2D eigenvalue weighted by molar-refractivity contribution is 5.32. The molecule has 0 aliphatic carbocycles. The smallest absolute Gasteiger partial charge is 0.127 e. The van der Waals surface area contributed by atoms with Crippen molar-refractivity contribution >= 4 is 0 Å².